The van der Waals surface area contributed by atoms with Gasteiger partial charge < -0.3 is 18.8 Å². The van der Waals surface area contributed by atoms with E-state index in [2.05, 4.69) is 10.1 Å². The van der Waals surface area contributed by atoms with E-state index < -0.39 is 23.7 Å². The van der Waals surface area contributed by atoms with E-state index in [0.717, 1.165) is 6.07 Å². The summed E-state index contributed by atoms with van der Waals surface area (Å²) >= 11 is 0. The van der Waals surface area contributed by atoms with Crippen LogP contribution in [0, 0.1) is 5.82 Å². The number of rotatable bonds is 5. The minimum absolute atomic E-state index is 0.00539. The molecule has 1 unspecified atom stereocenters. The number of aromatic hydroxyl groups is 1. The van der Waals surface area contributed by atoms with Crippen LogP contribution in [0.5, 0.6) is 11.7 Å². The average Bonchev–Trinajstić information content (AvgIpc) is 3.35. The van der Waals surface area contributed by atoms with Crippen LogP contribution in [0.15, 0.2) is 80.5 Å². The molecular weight excluding hydrogens is 496 g/mol. The number of hydrogen-bond acceptors (Lipinski definition) is 7. The average molecular weight is 512 g/mol. The third kappa shape index (κ3) is 4.75. The summed E-state index contributed by atoms with van der Waals surface area (Å²) in [6.07, 6.45) is -5.78. The number of phenols is 1. The maximum Gasteiger partial charge on any atom is 0.416 e. The first-order chi connectivity index (χ1) is 17.6. The molecule has 7 nitrogen and oxygen atoms in total. The predicted molar refractivity (Wildman–Crippen MR) is 123 cm³/mol. The summed E-state index contributed by atoms with van der Waals surface area (Å²) < 4.78 is 70.0. The van der Waals surface area contributed by atoms with Crippen LogP contribution in [-0.4, -0.2) is 15.2 Å². The Bertz CT molecular complexity index is 1660. The molecule has 2 aromatic heterocycles. The van der Waals surface area contributed by atoms with Gasteiger partial charge in [-0.25, -0.2) is 4.39 Å². The third-order valence-corrected chi connectivity index (χ3v) is 5.48. The second kappa shape index (κ2) is 9.08. The van der Waals surface area contributed by atoms with Gasteiger partial charge in [-0.2, -0.15) is 18.2 Å². The lowest BCUT2D eigenvalue weighted by molar-refractivity contribution is -0.137. The fraction of sp³-hybridized carbons (Fsp3) is 0.115. The van der Waals surface area contributed by atoms with Crippen LogP contribution in [-0.2, 0) is 6.18 Å². The fourth-order valence-electron chi connectivity index (χ4n) is 3.69. The van der Waals surface area contributed by atoms with Gasteiger partial charge in [0, 0.05) is 5.56 Å². The first-order valence-electron chi connectivity index (χ1n) is 10.8. The number of phenolic OH excluding ortho intramolecular Hbond substituents is 1. The third-order valence-electron chi connectivity index (χ3n) is 5.48. The molecule has 0 bridgehead atoms. The molecule has 0 aliphatic heterocycles. The zero-order chi connectivity index (χ0) is 26.3. The van der Waals surface area contributed by atoms with E-state index in [-0.39, 0.29) is 45.5 Å². The molecule has 0 aliphatic rings. The van der Waals surface area contributed by atoms with Crippen molar-refractivity contribution in [2.24, 2.45) is 0 Å². The van der Waals surface area contributed by atoms with Crippen LogP contribution >= 0.6 is 0 Å². The number of halogens is 4. The van der Waals surface area contributed by atoms with Gasteiger partial charge in [-0.1, -0.05) is 29.4 Å². The highest BCUT2D eigenvalue weighted by atomic mass is 19.4. The Labute approximate surface area is 205 Å². The first-order valence-corrected chi connectivity index (χ1v) is 10.8. The first kappa shape index (κ1) is 24.0. The summed E-state index contributed by atoms with van der Waals surface area (Å²) in [6, 6.07) is 14.3. The number of fused-ring (bicyclic) bond motifs is 1. The smallest absolute Gasteiger partial charge is 0.416 e. The number of alkyl halides is 3. The molecule has 1 N–H and O–H groups in total. The molecule has 11 heteroatoms. The second-order valence-electron chi connectivity index (χ2n) is 8.08. The van der Waals surface area contributed by atoms with Gasteiger partial charge in [0.2, 0.25) is 11.3 Å². The minimum Gasteiger partial charge on any atom is -0.508 e. The summed E-state index contributed by atoms with van der Waals surface area (Å²) in [7, 11) is 0. The molecule has 1 atom stereocenters. The van der Waals surface area contributed by atoms with E-state index in [0.29, 0.717) is 23.1 Å². The van der Waals surface area contributed by atoms with Crippen LogP contribution in [0.4, 0.5) is 17.6 Å². The van der Waals surface area contributed by atoms with Crippen molar-refractivity contribution in [1.82, 2.24) is 10.1 Å². The van der Waals surface area contributed by atoms with Gasteiger partial charge in [0.25, 0.3) is 11.8 Å². The summed E-state index contributed by atoms with van der Waals surface area (Å²) in [5.41, 5.74) is -1.09. The van der Waals surface area contributed by atoms with E-state index in [4.69, 9.17) is 13.7 Å². The van der Waals surface area contributed by atoms with Gasteiger partial charge in [0.1, 0.15) is 22.7 Å². The maximum absolute atomic E-state index is 13.8. The van der Waals surface area contributed by atoms with Crippen LogP contribution in [0.3, 0.4) is 0 Å². The van der Waals surface area contributed by atoms with Crippen LogP contribution in [0.2, 0.25) is 0 Å². The van der Waals surface area contributed by atoms with Gasteiger partial charge in [-0.15, -0.1) is 0 Å². The van der Waals surface area contributed by atoms with Crippen molar-refractivity contribution in [3.8, 4) is 34.2 Å². The second-order valence-corrected chi connectivity index (χ2v) is 8.08. The van der Waals surface area contributed by atoms with Gasteiger partial charge in [-0.05, 0) is 55.0 Å². The summed E-state index contributed by atoms with van der Waals surface area (Å²) in [6.45, 7) is 1.50. The highest BCUT2D eigenvalue weighted by Crippen LogP contribution is 2.35. The lowest BCUT2D eigenvalue weighted by atomic mass is 10.0. The molecule has 5 rings (SSSR count). The number of benzene rings is 3. The van der Waals surface area contributed by atoms with Gasteiger partial charge in [0.05, 0.1) is 10.9 Å². The number of para-hydroxylation sites is 1. The van der Waals surface area contributed by atoms with Crippen molar-refractivity contribution >= 4 is 11.0 Å². The maximum atomic E-state index is 13.8. The Kier molecular flexibility index (Phi) is 5.90. The molecule has 37 heavy (non-hydrogen) atoms. The molecular formula is C26H16F4N2O5. The Balaban J connectivity index is 1.53. The molecule has 0 aliphatic carbocycles. The van der Waals surface area contributed by atoms with E-state index >= 15 is 0 Å². The van der Waals surface area contributed by atoms with Gasteiger partial charge in [-0.3, -0.25) is 4.79 Å². The number of aromatic nitrogens is 2. The van der Waals surface area contributed by atoms with Crippen molar-refractivity contribution in [1.29, 1.82) is 0 Å². The van der Waals surface area contributed by atoms with Crippen LogP contribution < -0.4 is 10.2 Å². The topological polar surface area (TPSA) is 98.6 Å². The molecule has 5 aromatic rings. The van der Waals surface area contributed by atoms with Gasteiger partial charge in [0.15, 0.2) is 6.10 Å². The Hall–Kier alpha value is -4.67. The molecule has 188 valence electrons. The van der Waals surface area contributed by atoms with Crippen molar-refractivity contribution < 1.29 is 36.3 Å². The summed E-state index contributed by atoms with van der Waals surface area (Å²) in [5, 5.41) is 13.6. The van der Waals surface area contributed by atoms with Crippen molar-refractivity contribution in [2.75, 3.05) is 0 Å². The van der Waals surface area contributed by atoms with E-state index in [1.54, 1.807) is 24.3 Å². The van der Waals surface area contributed by atoms with Crippen molar-refractivity contribution in [3.05, 3.63) is 94.2 Å². The standard InChI is InChI=1S/C26H16F4N2O5/c1-13(24-31-23(32-37-24)15-10-16(26(28,29)30)12-17(27)11-15)35-25-21(14-6-8-18(33)9-7-14)22(34)19-4-2-3-5-20(19)36-25/h2-13,33H,1H3. The lowest BCUT2D eigenvalue weighted by Gasteiger charge is -2.14. The molecule has 0 spiro atoms. The molecule has 0 radical (unpaired) electrons. The molecule has 2 heterocycles. The quantitative estimate of drug-likeness (QED) is 0.268. The van der Waals surface area contributed by atoms with E-state index in [9.17, 15) is 27.5 Å². The number of ether oxygens (including phenoxy) is 1. The molecule has 0 fully saturated rings. The highest BCUT2D eigenvalue weighted by molar-refractivity contribution is 5.84. The summed E-state index contributed by atoms with van der Waals surface area (Å²) in [4.78, 5) is 17.4. The Morgan fingerprint density at radius 3 is 2.46 bits per heavy atom. The SMILES string of the molecule is CC(Oc1oc2ccccc2c(=O)c1-c1ccc(O)cc1)c1nc(-c2cc(F)cc(C(F)(F)F)c2)no1. The Morgan fingerprint density at radius 2 is 1.73 bits per heavy atom. The molecule has 0 saturated heterocycles. The lowest BCUT2D eigenvalue weighted by Crippen LogP contribution is -2.11. The molecule has 3 aromatic carbocycles. The van der Waals surface area contributed by atoms with Crippen molar-refractivity contribution in [2.45, 2.75) is 19.2 Å². The molecule has 0 amide bonds. The largest absolute Gasteiger partial charge is 0.508 e. The van der Waals surface area contributed by atoms with Gasteiger partial charge >= 0.3 is 6.18 Å². The monoisotopic (exact) mass is 512 g/mol. The Morgan fingerprint density at radius 1 is 1.00 bits per heavy atom. The van der Waals surface area contributed by atoms with Crippen LogP contribution in [0.1, 0.15) is 24.5 Å². The summed E-state index contributed by atoms with van der Waals surface area (Å²) in [5.74, 6) is -1.73. The van der Waals surface area contributed by atoms with E-state index in [1.807, 2.05) is 0 Å². The zero-order valence-corrected chi connectivity index (χ0v) is 18.9. The van der Waals surface area contributed by atoms with E-state index in [1.165, 1.54) is 31.2 Å². The van der Waals surface area contributed by atoms with Crippen LogP contribution in [0.25, 0.3) is 33.5 Å². The molecule has 0 saturated carbocycles. The number of nitrogens with zero attached hydrogens (tertiary/aromatic N) is 2. The fourth-order valence-corrected chi connectivity index (χ4v) is 3.69. The number of hydrogen-bond donors (Lipinski definition) is 1. The minimum atomic E-state index is -4.77. The zero-order valence-electron chi connectivity index (χ0n) is 18.9. The highest BCUT2D eigenvalue weighted by Gasteiger charge is 2.32. The van der Waals surface area contributed by atoms with Crippen molar-refractivity contribution in [3.63, 3.8) is 0 Å². The predicted octanol–water partition coefficient (Wildman–Crippen LogP) is 6.51. The normalized spacial score (nSPS) is 12.6.